The lowest BCUT2D eigenvalue weighted by Crippen LogP contribution is -2.62. The summed E-state index contributed by atoms with van der Waals surface area (Å²) in [5.74, 6) is 2.61. The average molecular weight is 393 g/mol. The van der Waals surface area contributed by atoms with Crippen molar-refractivity contribution in [3.05, 3.63) is 35.9 Å². The molecule has 0 spiro atoms. The van der Waals surface area contributed by atoms with Crippen molar-refractivity contribution in [1.29, 1.82) is 0 Å². The first-order valence-corrected chi connectivity index (χ1v) is 11.3. The minimum atomic E-state index is -0.689. The van der Waals surface area contributed by atoms with Gasteiger partial charge in [-0.05, 0) is 62.3 Å². The molecule has 4 rings (SSSR count). The van der Waals surface area contributed by atoms with Gasteiger partial charge in [-0.3, -0.25) is 14.6 Å². The summed E-state index contributed by atoms with van der Waals surface area (Å²) < 4.78 is 0. The van der Waals surface area contributed by atoms with Crippen LogP contribution in [0.25, 0.3) is 0 Å². The summed E-state index contributed by atoms with van der Waals surface area (Å²) in [7, 11) is 0. The van der Waals surface area contributed by atoms with Crippen molar-refractivity contribution in [2.75, 3.05) is 37.7 Å². The summed E-state index contributed by atoms with van der Waals surface area (Å²) in [5, 5.41) is 18.6. The zero-order valence-electron chi connectivity index (χ0n) is 16.0. The summed E-state index contributed by atoms with van der Waals surface area (Å²) in [4.78, 5) is 13.6. The quantitative estimate of drug-likeness (QED) is 0.771. The third-order valence-corrected chi connectivity index (χ3v) is 7.35. The standard InChI is InChI=1S/C20H30N2OS.CH2O2/c23-20(17-6-2-1-3-7-17)10-13-22(18-8-14-24-15-9-18)16-19(20)21-11-4-5-12-21;2-1-3/h1-3,6-7,18-19,23H,4-5,8-16H2;1H,(H,2,3)/t19-,20+;/m1./s1. The summed E-state index contributed by atoms with van der Waals surface area (Å²) in [6.07, 6.45) is 6.06. The van der Waals surface area contributed by atoms with Gasteiger partial charge in [-0.2, -0.15) is 11.8 Å². The van der Waals surface area contributed by atoms with E-state index in [-0.39, 0.29) is 12.5 Å². The molecule has 0 saturated carbocycles. The Labute approximate surface area is 166 Å². The summed E-state index contributed by atoms with van der Waals surface area (Å²) in [6.45, 7) is 4.11. The predicted molar refractivity (Wildman–Crippen MR) is 110 cm³/mol. The van der Waals surface area contributed by atoms with E-state index in [0.29, 0.717) is 0 Å². The molecule has 3 aliphatic rings. The molecule has 3 fully saturated rings. The molecule has 0 unspecified atom stereocenters. The molecule has 0 amide bonds. The fourth-order valence-electron chi connectivity index (χ4n) is 4.86. The van der Waals surface area contributed by atoms with E-state index >= 15 is 0 Å². The SMILES string of the molecule is O=CO.O[C@]1(c2ccccc2)CCN(C2CCSCC2)C[C@H]1N1CCCC1. The zero-order chi connectivity index (χ0) is 19.1. The Kier molecular flexibility index (Phi) is 7.58. The molecule has 6 heteroatoms. The van der Waals surface area contributed by atoms with Crippen LogP contribution in [0, 0.1) is 0 Å². The molecule has 150 valence electrons. The minimum Gasteiger partial charge on any atom is -0.483 e. The first kappa shape index (κ1) is 20.6. The Hall–Kier alpha value is -1.08. The second-order valence-electron chi connectivity index (χ2n) is 7.74. The van der Waals surface area contributed by atoms with Crippen molar-refractivity contribution in [2.24, 2.45) is 0 Å². The molecule has 1 aromatic carbocycles. The number of carboxylic acid groups (broad SMARTS) is 1. The van der Waals surface area contributed by atoms with E-state index in [9.17, 15) is 5.11 Å². The van der Waals surface area contributed by atoms with E-state index in [1.54, 1.807) is 0 Å². The monoisotopic (exact) mass is 392 g/mol. The van der Waals surface area contributed by atoms with Crippen LogP contribution in [0.15, 0.2) is 30.3 Å². The van der Waals surface area contributed by atoms with Gasteiger partial charge in [-0.25, -0.2) is 0 Å². The maximum atomic E-state index is 11.7. The topological polar surface area (TPSA) is 64.0 Å². The van der Waals surface area contributed by atoms with E-state index in [4.69, 9.17) is 9.90 Å². The highest BCUT2D eigenvalue weighted by molar-refractivity contribution is 7.99. The van der Waals surface area contributed by atoms with Crippen LogP contribution in [0.3, 0.4) is 0 Å². The van der Waals surface area contributed by atoms with Gasteiger partial charge >= 0.3 is 0 Å². The maximum Gasteiger partial charge on any atom is 0.290 e. The van der Waals surface area contributed by atoms with Gasteiger partial charge in [0.05, 0.1) is 6.04 Å². The predicted octanol–water partition coefficient (Wildman–Crippen LogP) is 2.64. The van der Waals surface area contributed by atoms with Crippen molar-refractivity contribution >= 4 is 18.2 Å². The number of rotatable bonds is 3. The molecule has 1 aromatic rings. The first-order chi connectivity index (χ1) is 13.2. The molecule has 3 heterocycles. The van der Waals surface area contributed by atoms with Crippen LogP contribution >= 0.6 is 11.8 Å². The van der Waals surface area contributed by atoms with Gasteiger partial charge < -0.3 is 10.2 Å². The fourth-order valence-corrected chi connectivity index (χ4v) is 5.94. The van der Waals surface area contributed by atoms with Crippen molar-refractivity contribution < 1.29 is 15.0 Å². The number of thioether (sulfide) groups is 1. The van der Waals surface area contributed by atoms with Gasteiger partial charge in [0.2, 0.25) is 0 Å². The number of benzene rings is 1. The number of piperidine rings is 1. The molecule has 3 aliphatic heterocycles. The molecule has 2 N–H and O–H groups in total. The maximum absolute atomic E-state index is 11.7. The van der Waals surface area contributed by atoms with Gasteiger partial charge in [0.15, 0.2) is 0 Å². The molecule has 5 nitrogen and oxygen atoms in total. The van der Waals surface area contributed by atoms with Gasteiger partial charge in [0.25, 0.3) is 6.47 Å². The number of nitrogens with zero attached hydrogens (tertiary/aromatic N) is 2. The summed E-state index contributed by atoms with van der Waals surface area (Å²) >= 11 is 2.10. The van der Waals surface area contributed by atoms with Crippen molar-refractivity contribution in [3.8, 4) is 0 Å². The molecule has 2 atom stereocenters. The number of hydrogen-bond donors (Lipinski definition) is 2. The van der Waals surface area contributed by atoms with E-state index in [0.717, 1.165) is 44.2 Å². The van der Waals surface area contributed by atoms with Crippen LogP contribution in [0.5, 0.6) is 0 Å². The van der Waals surface area contributed by atoms with Gasteiger partial charge in [0.1, 0.15) is 5.60 Å². The van der Waals surface area contributed by atoms with E-state index in [1.807, 2.05) is 6.07 Å². The molecule has 0 aliphatic carbocycles. The summed E-state index contributed by atoms with van der Waals surface area (Å²) in [5.41, 5.74) is 0.423. The van der Waals surface area contributed by atoms with Gasteiger partial charge in [0, 0.05) is 19.1 Å². The van der Waals surface area contributed by atoms with E-state index in [1.165, 1.54) is 37.2 Å². The van der Waals surface area contributed by atoms with Crippen LogP contribution in [0.2, 0.25) is 0 Å². The van der Waals surface area contributed by atoms with Crippen LogP contribution in [0.1, 0.15) is 37.7 Å². The third kappa shape index (κ3) is 4.86. The highest BCUT2D eigenvalue weighted by Gasteiger charge is 2.47. The molecular formula is C21H32N2O3S. The molecule has 3 saturated heterocycles. The van der Waals surface area contributed by atoms with Crippen molar-refractivity contribution in [2.45, 2.75) is 49.8 Å². The fraction of sp³-hybridized carbons (Fsp3) is 0.667. The Bertz CT molecular complexity index is 576. The van der Waals surface area contributed by atoms with Crippen molar-refractivity contribution in [3.63, 3.8) is 0 Å². The molecule has 0 radical (unpaired) electrons. The van der Waals surface area contributed by atoms with Crippen LogP contribution < -0.4 is 0 Å². The normalized spacial score (nSPS) is 30.5. The number of carbonyl (C=O) groups is 1. The van der Waals surface area contributed by atoms with Gasteiger partial charge in [-0.15, -0.1) is 0 Å². The van der Waals surface area contributed by atoms with Gasteiger partial charge in [-0.1, -0.05) is 30.3 Å². The Balaban J connectivity index is 0.000000659. The number of aliphatic hydroxyl groups is 1. The largest absolute Gasteiger partial charge is 0.483 e. The second kappa shape index (κ2) is 9.92. The Morgan fingerprint density at radius 1 is 1.04 bits per heavy atom. The first-order valence-electron chi connectivity index (χ1n) is 10.1. The Morgan fingerprint density at radius 3 is 2.30 bits per heavy atom. The second-order valence-corrected chi connectivity index (χ2v) is 8.97. The number of likely N-dealkylation sites (tertiary alicyclic amines) is 2. The number of hydrogen-bond acceptors (Lipinski definition) is 5. The van der Waals surface area contributed by atoms with Crippen LogP contribution in [-0.4, -0.2) is 76.3 Å². The lowest BCUT2D eigenvalue weighted by molar-refractivity contribution is -0.122. The Morgan fingerprint density at radius 2 is 1.67 bits per heavy atom. The molecular weight excluding hydrogens is 360 g/mol. The molecule has 0 bridgehead atoms. The zero-order valence-corrected chi connectivity index (χ0v) is 16.8. The highest BCUT2D eigenvalue weighted by atomic mass is 32.2. The smallest absolute Gasteiger partial charge is 0.290 e. The third-order valence-electron chi connectivity index (χ3n) is 6.30. The molecule has 0 aromatic heterocycles. The summed E-state index contributed by atoms with van der Waals surface area (Å²) in [6, 6.07) is 11.4. The van der Waals surface area contributed by atoms with Crippen LogP contribution in [0.4, 0.5) is 0 Å². The highest BCUT2D eigenvalue weighted by Crippen LogP contribution is 2.39. The minimum absolute atomic E-state index is 0.241. The lowest BCUT2D eigenvalue weighted by atomic mass is 9.79. The average Bonchev–Trinajstić information content (AvgIpc) is 3.25. The van der Waals surface area contributed by atoms with Crippen molar-refractivity contribution in [1.82, 2.24) is 9.80 Å². The van der Waals surface area contributed by atoms with E-state index < -0.39 is 5.60 Å². The molecule has 27 heavy (non-hydrogen) atoms. The lowest BCUT2D eigenvalue weighted by Gasteiger charge is -2.51. The van der Waals surface area contributed by atoms with E-state index in [2.05, 4.69) is 45.8 Å². The van der Waals surface area contributed by atoms with Crippen LogP contribution in [-0.2, 0) is 10.4 Å².